The van der Waals surface area contributed by atoms with E-state index in [4.69, 9.17) is 4.52 Å². The second-order valence-electron chi connectivity index (χ2n) is 8.18. The molecule has 148 valence electrons. The van der Waals surface area contributed by atoms with E-state index in [1.54, 1.807) is 18.6 Å². The van der Waals surface area contributed by atoms with Gasteiger partial charge in [-0.25, -0.2) is 0 Å². The van der Waals surface area contributed by atoms with E-state index in [1.807, 2.05) is 36.1 Å². The molecule has 5 heterocycles. The van der Waals surface area contributed by atoms with E-state index in [9.17, 15) is 4.79 Å². The van der Waals surface area contributed by atoms with Gasteiger partial charge in [-0.15, -0.1) is 0 Å². The van der Waals surface area contributed by atoms with Crippen molar-refractivity contribution in [3.63, 3.8) is 0 Å². The van der Waals surface area contributed by atoms with E-state index < -0.39 is 0 Å². The molecule has 0 bridgehead atoms. The van der Waals surface area contributed by atoms with Crippen molar-refractivity contribution in [2.45, 2.75) is 19.4 Å². The Morgan fingerprint density at radius 3 is 2.69 bits per heavy atom. The van der Waals surface area contributed by atoms with Crippen LogP contribution in [-0.4, -0.2) is 62.5 Å². The number of likely N-dealkylation sites (tertiary alicyclic amines) is 2. The van der Waals surface area contributed by atoms with Crippen molar-refractivity contribution in [2.24, 2.45) is 5.41 Å². The van der Waals surface area contributed by atoms with Gasteiger partial charge in [0.2, 0.25) is 11.7 Å². The van der Waals surface area contributed by atoms with Crippen molar-refractivity contribution in [1.82, 2.24) is 29.9 Å². The molecule has 1 unspecified atom stereocenters. The van der Waals surface area contributed by atoms with Crippen LogP contribution in [0.5, 0.6) is 0 Å². The molecule has 2 saturated heterocycles. The third-order valence-electron chi connectivity index (χ3n) is 5.91. The second-order valence-corrected chi connectivity index (χ2v) is 8.18. The Bertz CT molecular complexity index is 1030. The molecule has 2 aliphatic heterocycles. The number of carbonyl (C=O) groups is 1. The summed E-state index contributed by atoms with van der Waals surface area (Å²) in [5.74, 6) is 1.25. The van der Waals surface area contributed by atoms with E-state index in [0.717, 1.165) is 37.3 Å². The second kappa shape index (κ2) is 6.73. The van der Waals surface area contributed by atoms with Crippen LogP contribution in [0.1, 0.15) is 34.4 Å². The molecule has 5 rings (SSSR count). The number of amides is 1. The fraction of sp³-hybridized carbons (Fsp3) is 0.381. The topological polar surface area (TPSA) is 88.2 Å². The highest BCUT2D eigenvalue weighted by molar-refractivity contribution is 5.94. The van der Waals surface area contributed by atoms with Crippen molar-refractivity contribution in [2.75, 3.05) is 26.7 Å². The third kappa shape index (κ3) is 3.19. The van der Waals surface area contributed by atoms with Gasteiger partial charge in [0.05, 0.1) is 11.6 Å². The Morgan fingerprint density at radius 2 is 1.97 bits per heavy atom. The largest absolute Gasteiger partial charge is 0.337 e. The average Bonchev–Trinajstić information content (AvgIpc) is 3.32. The summed E-state index contributed by atoms with van der Waals surface area (Å²) in [5, 5.41) is 4.13. The van der Waals surface area contributed by atoms with Gasteiger partial charge in [-0.05, 0) is 44.7 Å². The highest BCUT2D eigenvalue weighted by Crippen LogP contribution is 2.47. The van der Waals surface area contributed by atoms with E-state index in [0.29, 0.717) is 17.3 Å². The van der Waals surface area contributed by atoms with Gasteiger partial charge >= 0.3 is 0 Å². The molecule has 1 spiro atoms. The molecule has 1 amide bonds. The molecule has 3 aromatic heterocycles. The zero-order valence-electron chi connectivity index (χ0n) is 16.4. The van der Waals surface area contributed by atoms with Crippen LogP contribution in [-0.2, 0) is 0 Å². The molecule has 0 saturated carbocycles. The molecule has 8 heteroatoms. The first-order valence-corrected chi connectivity index (χ1v) is 9.69. The van der Waals surface area contributed by atoms with E-state index in [-0.39, 0.29) is 17.4 Å². The summed E-state index contributed by atoms with van der Waals surface area (Å²) in [5.41, 5.74) is 2.52. The predicted molar refractivity (Wildman–Crippen MR) is 105 cm³/mol. The van der Waals surface area contributed by atoms with Gasteiger partial charge < -0.3 is 9.42 Å². The van der Waals surface area contributed by atoms with Crippen LogP contribution in [0, 0.1) is 12.3 Å². The SMILES string of the molecule is Cc1ccc(C(=O)N2CC3(CC(c4nc(-c5ccncc5)no4)N(C)C3)C2)cn1. The van der Waals surface area contributed by atoms with Crippen LogP contribution >= 0.6 is 0 Å². The van der Waals surface area contributed by atoms with Gasteiger partial charge in [-0.2, -0.15) is 4.98 Å². The molecule has 3 aromatic rings. The molecule has 2 aliphatic rings. The summed E-state index contributed by atoms with van der Waals surface area (Å²) < 4.78 is 5.58. The van der Waals surface area contributed by atoms with Crippen molar-refractivity contribution >= 4 is 5.91 Å². The zero-order valence-corrected chi connectivity index (χ0v) is 16.4. The summed E-state index contributed by atoms with van der Waals surface area (Å²) in [6.07, 6.45) is 5.99. The van der Waals surface area contributed by atoms with Crippen molar-refractivity contribution < 1.29 is 9.32 Å². The van der Waals surface area contributed by atoms with Crippen LogP contribution in [0.2, 0.25) is 0 Å². The Hall–Kier alpha value is -3.13. The fourth-order valence-electron chi connectivity index (χ4n) is 4.45. The van der Waals surface area contributed by atoms with Crippen LogP contribution in [0.4, 0.5) is 0 Å². The minimum atomic E-state index is 0.0481. The molecular weight excluding hydrogens is 368 g/mol. The van der Waals surface area contributed by atoms with Crippen LogP contribution in [0.3, 0.4) is 0 Å². The zero-order chi connectivity index (χ0) is 20.0. The van der Waals surface area contributed by atoms with Gasteiger partial charge in [-0.1, -0.05) is 5.16 Å². The van der Waals surface area contributed by atoms with E-state index in [1.165, 1.54) is 0 Å². The summed E-state index contributed by atoms with van der Waals surface area (Å²) in [6.45, 7) is 4.30. The Balaban J connectivity index is 1.27. The third-order valence-corrected chi connectivity index (χ3v) is 5.91. The first kappa shape index (κ1) is 17.9. The van der Waals surface area contributed by atoms with E-state index in [2.05, 4.69) is 32.1 Å². The normalized spacial score (nSPS) is 20.8. The number of nitrogens with zero attached hydrogens (tertiary/aromatic N) is 6. The van der Waals surface area contributed by atoms with Gasteiger partial charge in [0.25, 0.3) is 5.91 Å². The fourth-order valence-corrected chi connectivity index (χ4v) is 4.45. The molecule has 0 radical (unpaired) electrons. The number of pyridine rings is 2. The number of aromatic nitrogens is 4. The lowest BCUT2D eigenvalue weighted by atomic mass is 9.77. The number of aryl methyl sites for hydroxylation is 1. The van der Waals surface area contributed by atoms with Crippen LogP contribution in [0.25, 0.3) is 11.4 Å². The minimum Gasteiger partial charge on any atom is -0.337 e. The molecule has 0 aromatic carbocycles. The summed E-state index contributed by atoms with van der Waals surface area (Å²) in [7, 11) is 2.07. The molecular formula is C21H22N6O2. The number of hydrogen-bond donors (Lipinski definition) is 0. The Kier molecular flexibility index (Phi) is 4.16. The maximum absolute atomic E-state index is 12.7. The lowest BCUT2D eigenvalue weighted by Crippen LogP contribution is -2.59. The number of hydrogen-bond acceptors (Lipinski definition) is 7. The Labute approximate surface area is 168 Å². The van der Waals surface area contributed by atoms with Gasteiger partial charge in [0.1, 0.15) is 0 Å². The maximum atomic E-state index is 12.7. The first-order valence-electron chi connectivity index (χ1n) is 9.69. The van der Waals surface area contributed by atoms with Crippen LogP contribution in [0.15, 0.2) is 47.4 Å². The monoisotopic (exact) mass is 390 g/mol. The van der Waals surface area contributed by atoms with Gasteiger partial charge in [0, 0.05) is 54.9 Å². The van der Waals surface area contributed by atoms with Gasteiger partial charge in [-0.3, -0.25) is 19.7 Å². The molecule has 29 heavy (non-hydrogen) atoms. The summed E-state index contributed by atoms with van der Waals surface area (Å²) in [4.78, 5) is 29.7. The number of carbonyl (C=O) groups excluding carboxylic acids is 1. The molecule has 2 fully saturated rings. The minimum absolute atomic E-state index is 0.0481. The first-order chi connectivity index (χ1) is 14.0. The van der Waals surface area contributed by atoms with Crippen LogP contribution < -0.4 is 0 Å². The molecule has 8 nitrogen and oxygen atoms in total. The average molecular weight is 390 g/mol. The highest BCUT2D eigenvalue weighted by atomic mass is 16.5. The summed E-state index contributed by atoms with van der Waals surface area (Å²) >= 11 is 0. The quantitative estimate of drug-likeness (QED) is 0.678. The standard InChI is InChI=1S/C21H22N6O2/c1-14-3-4-16(10-23-14)20(28)27-12-21(13-27)9-17(26(2)11-21)19-24-18(25-29-19)15-5-7-22-8-6-15/h3-8,10,17H,9,11-13H2,1-2H3. The predicted octanol–water partition coefficient (Wildman–Crippen LogP) is 2.35. The van der Waals surface area contributed by atoms with Crippen molar-refractivity contribution in [1.29, 1.82) is 0 Å². The van der Waals surface area contributed by atoms with Crippen molar-refractivity contribution in [3.05, 3.63) is 60.0 Å². The van der Waals surface area contributed by atoms with Crippen molar-refractivity contribution in [3.8, 4) is 11.4 Å². The lowest BCUT2D eigenvalue weighted by Gasteiger charge is -2.48. The molecule has 1 atom stereocenters. The van der Waals surface area contributed by atoms with E-state index >= 15 is 0 Å². The smallest absolute Gasteiger partial charge is 0.255 e. The molecule has 0 aliphatic carbocycles. The van der Waals surface area contributed by atoms with Gasteiger partial charge in [0.15, 0.2) is 0 Å². The molecule has 0 N–H and O–H groups in total. The highest BCUT2D eigenvalue weighted by Gasteiger charge is 2.53. The number of rotatable bonds is 3. The lowest BCUT2D eigenvalue weighted by molar-refractivity contribution is 0.0114. The summed E-state index contributed by atoms with van der Waals surface area (Å²) in [6, 6.07) is 7.51. The maximum Gasteiger partial charge on any atom is 0.255 e. The Morgan fingerprint density at radius 1 is 1.17 bits per heavy atom.